The third-order valence-corrected chi connectivity index (χ3v) is 9.33. The molecule has 1 unspecified atom stereocenters. The maximum absolute atomic E-state index is 12.5. The molecule has 1 aliphatic heterocycles. The van der Waals surface area contributed by atoms with Crippen LogP contribution in [0.2, 0.25) is 0 Å². The summed E-state index contributed by atoms with van der Waals surface area (Å²) in [5.74, 6) is 0.381. The Morgan fingerprint density at radius 1 is 1.26 bits per heavy atom. The molecule has 0 aliphatic carbocycles. The Bertz CT molecular complexity index is 1800. The zero-order chi connectivity index (χ0) is 33.3. The van der Waals surface area contributed by atoms with Gasteiger partial charge in [0.2, 0.25) is 12.6 Å². The number of nitrogens with one attached hydrogen (secondary N) is 1. The van der Waals surface area contributed by atoms with Gasteiger partial charge in [0.05, 0.1) is 18.8 Å². The molecule has 1 aliphatic rings. The number of aromatic nitrogens is 4. The third kappa shape index (κ3) is 7.26. The lowest BCUT2D eigenvalue weighted by atomic mass is 9.87. The predicted molar refractivity (Wildman–Crippen MR) is 169 cm³/mol. The summed E-state index contributed by atoms with van der Waals surface area (Å²) in [6.07, 6.45) is 4.86. The molecule has 1 aromatic carbocycles. The van der Waals surface area contributed by atoms with Gasteiger partial charge in [-0.3, -0.25) is 14.3 Å². The van der Waals surface area contributed by atoms with Gasteiger partial charge in [-0.25, -0.2) is 4.79 Å². The molecule has 3 aromatic heterocycles. The molecular formula is C31H42N7O7P. The Morgan fingerprint density at radius 3 is 2.63 bits per heavy atom. The topological polar surface area (TPSA) is 182 Å². The standard InChI is InChI=1S/C31H42N7O7P/c1-19(2)28-24-14-23(22-8-10-36(11-9-22)16-27(32)39)6-7-26(24)34-29(28)25-15-38-30(21(4)20(25)3)37(17-33-38)18-44-31(40)35(5)12-13-45-46(41,42)43/h6-7,14-15,17,19,22,34H,8-13,16,18H2,1-5H3,(H3-,32,39,41,42,43). The number of phosphoric ester groups is 1. The summed E-state index contributed by atoms with van der Waals surface area (Å²) in [5.41, 5.74) is 13.9. The van der Waals surface area contributed by atoms with Crippen LogP contribution in [0, 0.1) is 13.8 Å². The number of carbonyl (C=O) groups is 2. The molecule has 0 radical (unpaired) electrons. The number of hydrogen-bond acceptors (Lipinski definition) is 8. The number of fused-ring (bicyclic) bond motifs is 2. The molecule has 15 heteroatoms. The number of rotatable bonds is 11. The number of aromatic amines is 1. The first-order chi connectivity index (χ1) is 21.7. The number of nitrogens with zero attached hydrogens (tertiary/aromatic N) is 5. The van der Waals surface area contributed by atoms with E-state index in [1.54, 1.807) is 15.4 Å². The van der Waals surface area contributed by atoms with E-state index in [2.05, 4.69) is 58.5 Å². The molecule has 2 amide bonds. The van der Waals surface area contributed by atoms with Crippen LogP contribution in [0.5, 0.6) is 0 Å². The fourth-order valence-corrected chi connectivity index (χ4v) is 6.65. The zero-order valence-electron chi connectivity index (χ0n) is 26.9. The second-order valence-corrected chi connectivity index (χ2v) is 13.5. The van der Waals surface area contributed by atoms with Crippen LogP contribution in [0.1, 0.15) is 60.8 Å². The van der Waals surface area contributed by atoms with E-state index in [0.717, 1.165) is 64.4 Å². The molecule has 1 saturated heterocycles. The summed E-state index contributed by atoms with van der Waals surface area (Å²) in [7, 11) is -3.43. The maximum Gasteiger partial charge on any atom is 0.412 e. The molecule has 1 atom stereocenters. The first-order valence-corrected chi connectivity index (χ1v) is 16.8. The van der Waals surface area contributed by atoms with Gasteiger partial charge in [0, 0.05) is 40.7 Å². The lowest BCUT2D eigenvalue weighted by Crippen LogP contribution is -2.39. The van der Waals surface area contributed by atoms with Crippen molar-refractivity contribution in [3.63, 3.8) is 0 Å². The number of H-pyrrole nitrogens is 1. The molecule has 4 N–H and O–H groups in total. The van der Waals surface area contributed by atoms with E-state index in [9.17, 15) is 19.0 Å². The van der Waals surface area contributed by atoms with Crippen LogP contribution >= 0.6 is 7.82 Å². The van der Waals surface area contributed by atoms with Gasteiger partial charge in [0.25, 0.3) is 19.8 Å². The number of hydrogen-bond donors (Lipinski definition) is 3. The average molecular weight is 656 g/mol. The number of nitrogens with two attached hydrogens (primary N) is 1. The van der Waals surface area contributed by atoms with E-state index in [4.69, 9.17) is 15.4 Å². The van der Waals surface area contributed by atoms with Gasteiger partial charge in [-0.05, 0) is 80.4 Å². The molecule has 4 aromatic rings. The largest absolute Gasteiger partial charge is 0.756 e. The number of likely N-dealkylation sites (tertiary alicyclic amines) is 1. The lowest BCUT2D eigenvalue weighted by molar-refractivity contribution is -0.704. The van der Waals surface area contributed by atoms with Crippen molar-refractivity contribution in [3.05, 3.63) is 53.0 Å². The van der Waals surface area contributed by atoms with Crippen molar-refractivity contribution in [1.29, 1.82) is 0 Å². The van der Waals surface area contributed by atoms with Crippen molar-refractivity contribution in [1.82, 2.24) is 24.4 Å². The Kier molecular flexibility index (Phi) is 9.85. The number of pyridine rings is 1. The molecule has 14 nitrogen and oxygen atoms in total. The number of likely N-dealkylation sites (N-methyl/N-ethyl adjacent to an activating group) is 1. The first kappa shape index (κ1) is 33.6. The van der Waals surface area contributed by atoms with Gasteiger partial charge in [0.1, 0.15) is 6.20 Å². The van der Waals surface area contributed by atoms with E-state index < -0.39 is 13.9 Å². The second kappa shape index (κ2) is 13.5. The van der Waals surface area contributed by atoms with Gasteiger partial charge in [-0.2, -0.15) is 4.57 Å². The van der Waals surface area contributed by atoms with E-state index in [1.165, 1.54) is 23.6 Å². The number of aryl methyl sites for hydroxylation is 1. The smallest absolute Gasteiger partial charge is 0.412 e. The van der Waals surface area contributed by atoms with Gasteiger partial charge in [-0.15, -0.1) is 0 Å². The number of piperidine rings is 1. The highest BCUT2D eigenvalue weighted by molar-refractivity contribution is 7.44. The summed E-state index contributed by atoms with van der Waals surface area (Å²) in [6.45, 7) is 9.90. The molecule has 46 heavy (non-hydrogen) atoms. The fraction of sp³-hybridized carbons (Fsp3) is 0.484. The first-order valence-electron chi connectivity index (χ1n) is 15.3. The van der Waals surface area contributed by atoms with Gasteiger partial charge in [0.15, 0.2) is 0 Å². The van der Waals surface area contributed by atoms with E-state index in [-0.39, 0.29) is 31.7 Å². The maximum atomic E-state index is 12.5. The number of carbonyl (C=O) groups excluding carboxylic acids is 2. The van der Waals surface area contributed by atoms with Crippen molar-refractivity contribution in [2.24, 2.45) is 5.73 Å². The Morgan fingerprint density at radius 2 is 1.98 bits per heavy atom. The van der Waals surface area contributed by atoms with Crippen LogP contribution in [0.25, 0.3) is 27.8 Å². The molecule has 0 saturated carbocycles. The van der Waals surface area contributed by atoms with Crippen molar-refractivity contribution in [3.8, 4) is 11.3 Å². The molecule has 4 heterocycles. The number of primary amides is 1. The molecule has 1 fully saturated rings. The van der Waals surface area contributed by atoms with Gasteiger partial charge in [-0.1, -0.05) is 24.4 Å². The minimum atomic E-state index is -4.86. The number of phosphoric acid groups is 1. The van der Waals surface area contributed by atoms with Crippen LogP contribution in [0.4, 0.5) is 4.79 Å². The molecular weight excluding hydrogens is 613 g/mol. The van der Waals surface area contributed by atoms with Crippen LogP contribution < -0.4 is 15.2 Å². The van der Waals surface area contributed by atoms with Crippen LogP contribution in [-0.4, -0.2) is 81.1 Å². The van der Waals surface area contributed by atoms with Crippen molar-refractivity contribution >= 4 is 36.4 Å². The highest BCUT2D eigenvalue weighted by Crippen LogP contribution is 2.40. The Hall–Kier alpha value is -3.81. The van der Waals surface area contributed by atoms with E-state index in [1.807, 2.05) is 13.1 Å². The van der Waals surface area contributed by atoms with Crippen molar-refractivity contribution in [2.75, 3.05) is 39.8 Å². The highest BCUT2D eigenvalue weighted by Gasteiger charge is 2.26. The minimum Gasteiger partial charge on any atom is -0.756 e. The predicted octanol–water partition coefficient (Wildman–Crippen LogP) is 2.68. The van der Waals surface area contributed by atoms with Gasteiger partial charge >= 0.3 is 6.09 Å². The Labute approximate surface area is 267 Å². The van der Waals surface area contributed by atoms with Crippen molar-refractivity contribution in [2.45, 2.75) is 59.1 Å². The van der Waals surface area contributed by atoms with E-state index >= 15 is 0 Å². The molecule has 0 bridgehead atoms. The summed E-state index contributed by atoms with van der Waals surface area (Å²) in [5, 5.41) is 5.75. The number of ether oxygens (including phenoxy) is 1. The van der Waals surface area contributed by atoms with Crippen LogP contribution in [0.3, 0.4) is 0 Å². The molecule has 5 rings (SSSR count). The molecule has 248 valence electrons. The number of amides is 2. The summed E-state index contributed by atoms with van der Waals surface area (Å²) >= 11 is 0. The second-order valence-electron chi connectivity index (χ2n) is 12.3. The van der Waals surface area contributed by atoms with Gasteiger partial charge < -0.3 is 34.7 Å². The quantitative estimate of drug-likeness (QED) is 0.162. The number of benzene rings is 1. The van der Waals surface area contributed by atoms with Crippen LogP contribution in [-0.2, 0) is 25.4 Å². The molecule has 0 spiro atoms. The third-order valence-electron chi connectivity index (χ3n) is 8.83. The fourth-order valence-electron chi connectivity index (χ4n) is 6.34. The Balaban J connectivity index is 1.39. The summed E-state index contributed by atoms with van der Waals surface area (Å²) < 4.78 is 24.0. The lowest BCUT2D eigenvalue weighted by Gasteiger charge is -2.31. The summed E-state index contributed by atoms with van der Waals surface area (Å²) in [4.78, 5) is 50.3. The highest BCUT2D eigenvalue weighted by atomic mass is 31.2. The minimum absolute atomic E-state index is 0.0903. The van der Waals surface area contributed by atoms with E-state index in [0.29, 0.717) is 12.5 Å². The monoisotopic (exact) mass is 655 g/mol. The van der Waals surface area contributed by atoms with Crippen LogP contribution in [0.15, 0.2) is 30.7 Å². The van der Waals surface area contributed by atoms with Crippen molar-refractivity contribution < 1.29 is 37.8 Å². The zero-order valence-corrected chi connectivity index (χ0v) is 27.8. The summed E-state index contributed by atoms with van der Waals surface area (Å²) in [6, 6.07) is 6.70. The average Bonchev–Trinajstić information content (AvgIpc) is 3.58. The SMILES string of the molecule is Cc1c(-c2[nH]c3ccc(C4CCN(CC(N)=O)CC4)cc3c2C(C)C)cn2nc[n+](COC(=O)N(C)CCOP(=O)([O-])O)c2c1C. The normalized spacial score (nSPS) is 15.9.